The summed E-state index contributed by atoms with van der Waals surface area (Å²) in [5, 5.41) is 22.7. The first kappa shape index (κ1) is 43.3. The number of fused-ring (bicyclic) bond motifs is 2. The zero-order valence-corrected chi connectivity index (χ0v) is 31.3. The lowest BCUT2D eigenvalue weighted by atomic mass is 10.2. The summed E-state index contributed by atoms with van der Waals surface area (Å²) in [6.07, 6.45) is 5.14. The van der Waals surface area contributed by atoms with Gasteiger partial charge in [0.25, 0.3) is 0 Å². The number of carbonyl (C=O) groups is 1. The molecule has 1 amide bonds. The number of aromatic nitrogens is 5. The highest BCUT2D eigenvalue weighted by atomic mass is 16.6. The lowest BCUT2D eigenvalue weighted by Crippen LogP contribution is -2.26. The van der Waals surface area contributed by atoms with E-state index >= 15 is 0 Å². The monoisotopic (exact) mass is 771 g/mol. The molecule has 3 N–H and O–H groups in total. The molecule has 0 unspecified atom stereocenters. The molecule has 0 atom stereocenters. The van der Waals surface area contributed by atoms with Crippen molar-refractivity contribution in [1.82, 2.24) is 30.0 Å². The highest BCUT2D eigenvalue weighted by Crippen LogP contribution is 2.30. The smallest absolute Gasteiger partial charge is 0.222 e. The van der Waals surface area contributed by atoms with Crippen LogP contribution in [0.4, 0.5) is 0 Å². The molecule has 19 heteroatoms. The van der Waals surface area contributed by atoms with Crippen LogP contribution < -0.4 is 5.32 Å². The van der Waals surface area contributed by atoms with Crippen LogP contribution in [0.15, 0.2) is 41.9 Å². The van der Waals surface area contributed by atoms with Gasteiger partial charge >= 0.3 is 0 Å². The molecule has 3 aromatic heterocycles. The minimum Gasteiger partial charge on any atom is -0.508 e. The van der Waals surface area contributed by atoms with Crippen molar-refractivity contribution in [1.29, 1.82) is 0 Å². The molecule has 0 bridgehead atoms. The molecule has 0 fully saturated rings. The van der Waals surface area contributed by atoms with E-state index in [1.165, 1.54) is 6.33 Å². The Kier molecular flexibility index (Phi) is 21.4. The van der Waals surface area contributed by atoms with Gasteiger partial charge in [-0.2, -0.15) is 5.10 Å². The highest BCUT2D eigenvalue weighted by Gasteiger charge is 2.16. The van der Waals surface area contributed by atoms with Gasteiger partial charge in [0.15, 0.2) is 5.65 Å². The number of H-pyrrole nitrogens is 1. The fourth-order valence-corrected chi connectivity index (χ4v) is 5.18. The molecule has 0 aliphatic carbocycles. The Bertz CT molecular complexity index is 1700. The zero-order valence-electron chi connectivity index (χ0n) is 31.3. The quantitative estimate of drug-likeness (QED) is 0.0273. The van der Waals surface area contributed by atoms with Gasteiger partial charge in [0, 0.05) is 48.1 Å². The first-order valence-electron chi connectivity index (χ1n) is 18.5. The van der Waals surface area contributed by atoms with E-state index in [4.69, 9.17) is 48.5 Å². The van der Waals surface area contributed by atoms with Crippen molar-refractivity contribution in [2.75, 3.05) is 119 Å². The van der Waals surface area contributed by atoms with Gasteiger partial charge in [-0.25, -0.2) is 14.6 Å². The summed E-state index contributed by atoms with van der Waals surface area (Å²) in [7, 11) is 0. The van der Waals surface area contributed by atoms with E-state index in [-0.39, 0.29) is 18.1 Å². The molecule has 4 aromatic rings. The Morgan fingerprint density at radius 3 is 1.98 bits per heavy atom. The topological polar surface area (TPSA) is 231 Å². The summed E-state index contributed by atoms with van der Waals surface area (Å²) in [4.78, 5) is 26.9. The molecule has 4 rings (SSSR count). The molecule has 3 heterocycles. The number of carbonyl (C=O) groups excluding carboxylic acids is 1. The van der Waals surface area contributed by atoms with Crippen LogP contribution in [0, 0.1) is 0 Å². The number of ether oxygens (including phenoxy) is 8. The second-order valence-electron chi connectivity index (χ2n) is 11.9. The van der Waals surface area contributed by atoms with Crippen LogP contribution in [-0.4, -0.2) is 155 Å². The average molecular weight is 772 g/mol. The minimum atomic E-state index is -0.0561. The van der Waals surface area contributed by atoms with Gasteiger partial charge < -0.3 is 53.3 Å². The van der Waals surface area contributed by atoms with Gasteiger partial charge in [0.2, 0.25) is 5.91 Å². The molecular formula is C36H53N9O10. The van der Waals surface area contributed by atoms with Crippen LogP contribution in [0.1, 0.15) is 19.3 Å². The van der Waals surface area contributed by atoms with Crippen molar-refractivity contribution < 1.29 is 47.8 Å². The van der Waals surface area contributed by atoms with Gasteiger partial charge in [-0.05, 0) is 42.6 Å². The number of aromatic hydroxyl groups is 1. The number of azide groups is 1. The van der Waals surface area contributed by atoms with Gasteiger partial charge in [0.1, 0.15) is 17.8 Å². The summed E-state index contributed by atoms with van der Waals surface area (Å²) in [6.45, 7) is 8.64. The van der Waals surface area contributed by atoms with Crippen molar-refractivity contribution in [3.63, 3.8) is 0 Å². The fraction of sp³-hybridized carbons (Fsp3) is 0.611. The maximum absolute atomic E-state index is 12.2. The molecule has 0 radical (unpaired) electrons. The number of hydrogen-bond acceptors (Lipinski definition) is 14. The van der Waals surface area contributed by atoms with Crippen molar-refractivity contribution in [3.8, 4) is 17.1 Å². The highest BCUT2D eigenvalue weighted by molar-refractivity contribution is 5.94. The van der Waals surface area contributed by atoms with Crippen LogP contribution in [-0.2, 0) is 49.2 Å². The van der Waals surface area contributed by atoms with Gasteiger partial charge in [-0.3, -0.25) is 4.79 Å². The summed E-state index contributed by atoms with van der Waals surface area (Å²) >= 11 is 0. The number of benzene rings is 1. The molecule has 19 nitrogen and oxygen atoms in total. The number of unbranched alkanes of at least 4 members (excludes halogenated alkanes) is 1. The first-order valence-corrected chi connectivity index (χ1v) is 18.5. The number of aromatic amines is 1. The van der Waals surface area contributed by atoms with Crippen LogP contribution in [0.25, 0.3) is 43.8 Å². The third-order valence-corrected chi connectivity index (χ3v) is 7.87. The lowest BCUT2D eigenvalue weighted by Gasteiger charge is -2.09. The maximum Gasteiger partial charge on any atom is 0.222 e. The second-order valence-corrected chi connectivity index (χ2v) is 11.9. The van der Waals surface area contributed by atoms with Crippen LogP contribution in [0.5, 0.6) is 5.75 Å². The van der Waals surface area contributed by atoms with E-state index in [0.717, 1.165) is 46.2 Å². The second kappa shape index (κ2) is 27.2. The lowest BCUT2D eigenvalue weighted by molar-refractivity contribution is -0.122. The number of rotatable bonds is 33. The largest absolute Gasteiger partial charge is 0.508 e. The van der Waals surface area contributed by atoms with E-state index in [2.05, 4.69) is 30.3 Å². The van der Waals surface area contributed by atoms with Crippen LogP contribution in [0.2, 0.25) is 0 Å². The first-order chi connectivity index (χ1) is 27.2. The van der Waals surface area contributed by atoms with Crippen molar-refractivity contribution >= 4 is 27.8 Å². The number of phenols is 1. The number of nitrogens with zero attached hydrogens (tertiary/aromatic N) is 7. The molecule has 1 aromatic carbocycles. The molecule has 0 saturated carbocycles. The average Bonchev–Trinajstić information content (AvgIpc) is 3.78. The van der Waals surface area contributed by atoms with E-state index in [9.17, 15) is 9.90 Å². The molecule has 0 spiro atoms. The van der Waals surface area contributed by atoms with Crippen molar-refractivity contribution in [2.24, 2.45) is 5.11 Å². The predicted molar refractivity (Wildman–Crippen MR) is 202 cm³/mol. The van der Waals surface area contributed by atoms with Gasteiger partial charge in [-0.15, -0.1) is 0 Å². The molecule has 0 aliphatic rings. The summed E-state index contributed by atoms with van der Waals surface area (Å²) < 4.78 is 45.3. The van der Waals surface area contributed by atoms with Gasteiger partial charge in [0.05, 0.1) is 117 Å². The fourth-order valence-electron chi connectivity index (χ4n) is 5.18. The molecule has 55 heavy (non-hydrogen) atoms. The SMILES string of the molecule is [N-]=[N+]=NCCOCCOCCOCCOCCOCCOCCOCCOCCC(=O)NCCCCn1nc(-c2cc3cc(O)ccc3[nH]2)c2cncnc21. The number of hydrogen-bond donors (Lipinski definition) is 3. The van der Waals surface area contributed by atoms with Crippen LogP contribution in [0.3, 0.4) is 0 Å². The molecule has 302 valence electrons. The van der Waals surface area contributed by atoms with E-state index in [1.807, 2.05) is 16.8 Å². The molecule has 0 saturated heterocycles. The predicted octanol–water partition coefficient (Wildman–Crippen LogP) is 3.41. The Labute approximate surface area is 319 Å². The van der Waals surface area contributed by atoms with E-state index in [1.54, 1.807) is 18.3 Å². The van der Waals surface area contributed by atoms with E-state index in [0.29, 0.717) is 125 Å². The van der Waals surface area contributed by atoms with Crippen molar-refractivity contribution in [2.45, 2.75) is 25.8 Å². The van der Waals surface area contributed by atoms with E-state index < -0.39 is 0 Å². The Hall–Kier alpha value is -4.43. The Morgan fingerprint density at radius 1 is 0.800 bits per heavy atom. The molecule has 0 aliphatic heterocycles. The normalized spacial score (nSPS) is 11.4. The number of aryl methyl sites for hydroxylation is 1. The third-order valence-electron chi connectivity index (χ3n) is 7.87. The van der Waals surface area contributed by atoms with Gasteiger partial charge in [-0.1, -0.05) is 5.11 Å². The van der Waals surface area contributed by atoms with Crippen LogP contribution >= 0.6 is 0 Å². The zero-order chi connectivity index (χ0) is 38.6. The summed E-state index contributed by atoms with van der Waals surface area (Å²) in [5.41, 5.74) is 11.4. The summed E-state index contributed by atoms with van der Waals surface area (Å²) in [6, 6.07) is 7.14. The summed E-state index contributed by atoms with van der Waals surface area (Å²) in [5.74, 6) is 0.151. The Balaban J connectivity index is 0.882. The number of nitrogens with one attached hydrogen (secondary N) is 2. The number of amides is 1. The van der Waals surface area contributed by atoms with Crippen molar-refractivity contribution in [3.05, 3.63) is 47.2 Å². The Morgan fingerprint density at radius 2 is 1.38 bits per heavy atom. The number of phenolic OH excluding ortho intramolecular Hbond substituents is 1. The molecular weight excluding hydrogens is 718 g/mol. The maximum atomic E-state index is 12.2. The third kappa shape index (κ3) is 17.3. The standard InChI is InChI=1S/C36H53N9O10/c37-44-41-7-10-49-12-14-51-16-18-53-20-22-55-24-23-54-21-19-52-17-15-50-13-11-48-9-5-34(47)39-6-1-2-8-45-36-31(27-38-28-40-36)35(43-45)33-26-29-25-30(46)3-4-32(29)42-33/h3-4,25-28,42,46H,1-2,5-24H2,(H,39,47). The minimum absolute atomic E-state index is 0.0561.